The van der Waals surface area contributed by atoms with Gasteiger partial charge in [-0.05, 0) is 30.9 Å². The van der Waals surface area contributed by atoms with Crippen molar-refractivity contribution in [2.45, 2.75) is 25.7 Å². The number of methoxy groups -OCH3 is 1. The smallest absolute Gasteiger partial charge is 0.311 e. The molecule has 0 spiro atoms. The van der Waals surface area contributed by atoms with Crippen LogP contribution in [-0.2, 0) is 11.2 Å². The van der Waals surface area contributed by atoms with E-state index in [0.29, 0.717) is 12.8 Å². The van der Waals surface area contributed by atoms with Gasteiger partial charge >= 0.3 is 5.69 Å². The van der Waals surface area contributed by atoms with Crippen LogP contribution in [0.2, 0.25) is 0 Å². The van der Waals surface area contributed by atoms with Gasteiger partial charge in [0.1, 0.15) is 5.78 Å². The molecule has 0 saturated heterocycles. The molecule has 0 amide bonds. The topological polar surface area (TPSA) is 69.4 Å². The Labute approximate surface area is 105 Å². The maximum Gasteiger partial charge on any atom is 0.311 e. The molecule has 96 valence electrons. The minimum absolute atomic E-state index is 0.0473. The van der Waals surface area contributed by atoms with Crippen molar-refractivity contribution in [1.82, 2.24) is 0 Å². The van der Waals surface area contributed by atoms with Crippen molar-refractivity contribution >= 4 is 11.5 Å². The second-order valence-electron chi connectivity index (χ2n) is 4.50. The van der Waals surface area contributed by atoms with Crippen LogP contribution in [0.25, 0.3) is 0 Å². The minimum Gasteiger partial charge on any atom is -0.490 e. The molecule has 5 heteroatoms. The highest BCUT2D eigenvalue weighted by atomic mass is 16.6. The molecule has 0 radical (unpaired) electrons. The van der Waals surface area contributed by atoms with Crippen LogP contribution < -0.4 is 4.74 Å². The summed E-state index contributed by atoms with van der Waals surface area (Å²) in [6.07, 6.45) is 3.03. The summed E-state index contributed by atoms with van der Waals surface area (Å²) in [5.74, 6) is 0.768. The zero-order chi connectivity index (χ0) is 13.1. The highest BCUT2D eigenvalue weighted by Crippen LogP contribution is 2.32. The van der Waals surface area contributed by atoms with Crippen molar-refractivity contribution in [2.24, 2.45) is 5.92 Å². The lowest BCUT2D eigenvalue weighted by Gasteiger charge is -2.04. The standard InChI is InChI=1S/C13H15NO4/c1-18-13-7-3-9(8-11(13)14(16)17)2-6-12(15)10-4-5-10/h3,7-8,10H,2,4-6H2,1H3. The zero-order valence-electron chi connectivity index (χ0n) is 10.2. The van der Waals surface area contributed by atoms with Crippen LogP contribution in [-0.4, -0.2) is 17.8 Å². The van der Waals surface area contributed by atoms with Crippen molar-refractivity contribution in [1.29, 1.82) is 0 Å². The van der Waals surface area contributed by atoms with Crippen molar-refractivity contribution in [2.75, 3.05) is 7.11 Å². The quantitative estimate of drug-likeness (QED) is 0.573. The van der Waals surface area contributed by atoms with E-state index in [1.165, 1.54) is 13.2 Å². The molecule has 5 nitrogen and oxygen atoms in total. The van der Waals surface area contributed by atoms with Gasteiger partial charge in [-0.25, -0.2) is 0 Å². The third-order valence-electron chi connectivity index (χ3n) is 3.13. The van der Waals surface area contributed by atoms with Gasteiger partial charge in [0.25, 0.3) is 0 Å². The Balaban J connectivity index is 2.06. The summed E-state index contributed by atoms with van der Waals surface area (Å²) < 4.78 is 4.93. The predicted octanol–water partition coefficient (Wildman–Crippen LogP) is 2.52. The first-order valence-corrected chi connectivity index (χ1v) is 5.96. The fourth-order valence-electron chi connectivity index (χ4n) is 1.91. The van der Waals surface area contributed by atoms with E-state index in [9.17, 15) is 14.9 Å². The molecule has 18 heavy (non-hydrogen) atoms. The molecular weight excluding hydrogens is 234 g/mol. The van der Waals surface area contributed by atoms with Gasteiger partial charge in [0, 0.05) is 18.4 Å². The molecular formula is C13H15NO4. The molecule has 1 fully saturated rings. The Hall–Kier alpha value is -1.91. The molecule has 0 unspecified atom stereocenters. The Bertz CT molecular complexity index is 480. The van der Waals surface area contributed by atoms with E-state index >= 15 is 0 Å². The van der Waals surface area contributed by atoms with Crippen molar-refractivity contribution in [3.05, 3.63) is 33.9 Å². The maximum absolute atomic E-state index is 11.6. The largest absolute Gasteiger partial charge is 0.490 e. The average Bonchev–Trinajstić information content (AvgIpc) is 3.19. The number of Topliss-reactive ketones (excluding diaryl/α,β-unsaturated/α-hetero) is 1. The van der Waals surface area contributed by atoms with E-state index in [1.807, 2.05) is 0 Å². The van der Waals surface area contributed by atoms with Gasteiger partial charge in [-0.2, -0.15) is 0 Å². The van der Waals surface area contributed by atoms with Crippen LogP contribution >= 0.6 is 0 Å². The molecule has 0 bridgehead atoms. The SMILES string of the molecule is COc1ccc(CCC(=O)C2CC2)cc1[N+](=O)[O-]. The molecule has 1 aliphatic rings. The van der Waals surface area contributed by atoms with Gasteiger partial charge in [-0.1, -0.05) is 6.07 Å². The van der Waals surface area contributed by atoms with Crippen molar-refractivity contribution in [3.8, 4) is 5.75 Å². The van der Waals surface area contributed by atoms with Crippen LogP contribution in [0.1, 0.15) is 24.8 Å². The number of ether oxygens (including phenoxy) is 1. The second kappa shape index (κ2) is 5.16. The van der Waals surface area contributed by atoms with E-state index in [2.05, 4.69) is 0 Å². The molecule has 0 N–H and O–H groups in total. The zero-order valence-corrected chi connectivity index (χ0v) is 10.2. The molecule has 0 atom stereocenters. The first-order valence-electron chi connectivity index (χ1n) is 5.96. The summed E-state index contributed by atoms with van der Waals surface area (Å²) in [6.45, 7) is 0. The van der Waals surface area contributed by atoms with Gasteiger partial charge in [0.05, 0.1) is 12.0 Å². The van der Waals surface area contributed by atoms with Crippen LogP contribution in [0.15, 0.2) is 18.2 Å². The molecule has 1 aromatic carbocycles. The molecule has 1 saturated carbocycles. The number of ketones is 1. The number of carbonyl (C=O) groups excluding carboxylic acids is 1. The van der Waals surface area contributed by atoms with Gasteiger partial charge in [0.15, 0.2) is 5.75 Å². The third kappa shape index (κ3) is 2.85. The summed E-state index contributed by atoms with van der Waals surface area (Å²) in [4.78, 5) is 21.9. The Kier molecular flexibility index (Phi) is 3.60. The third-order valence-corrected chi connectivity index (χ3v) is 3.13. The fraction of sp³-hybridized carbons (Fsp3) is 0.462. The monoisotopic (exact) mass is 249 g/mol. The van der Waals surface area contributed by atoms with Crippen LogP contribution in [0.5, 0.6) is 5.75 Å². The van der Waals surface area contributed by atoms with E-state index in [0.717, 1.165) is 18.4 Å². The van der Waals surface area contributed by atoms with Crippen LogP contribution in [0.3, 0.4) is 0 Å². The number of rotatable bonds is 6. The average molecular weight is 249 g/mol. The van der Waals surface area contributed by atoms with Crippen LogP contribution in [0.4, 0.5) is 5.69 Å². The first kappa shape index (κ1) is 12.5. The van der Waals surface area contributed by atoms with E-state index in [4.69, 9.17) is 4.74 Å². The summed E-state index contributed by atoms with van der Waals surface area (Å²) in [7, 11) is 1.40. The molecule has 0 heterocycles. The number of nitro benzene ring substituents is 1. The Morgan fingerprint density at radius 1 is 1.50 bits per heavy atom. The highest BCUT2D eigenvalue weighted by molar-refractivity contribution is 5.83. The maximum atomic E-state index is 11.6. The Morgan fingerprint density at radius 3 is 2.78 bits per heavy atom. The van der Waals surface area contributed by atoms with Gasteiger partial charge in [-0.15, -0.1) is 0 Å². The lowest BCUT2D eigenvalue weighted by Crippen LogP contribution is -2.02. The molecule has 1 aliphatic carbocycles. The molecule has 0 aromatic heterocycles. The molecule has 1 aromatic rings. The number of hydrogen-bond donors (Lipinski definition) is 0. The highest BCUT2D eigenvalue weighted by Gasteiger charge is 2.28. The van der Waals surface area contributed by atoms with E-state index in [1.54, 1.807) is 12.1 Å². The van der Waals surface area contributed by atoms with E-state index < -0.39 is 4.92 Å². The van der Waals surface area contributed by atoms with Crippen LogP contribution in [0, 0.1) is 16.0 Å². The van der Waals surface area contributed by atoms with Gasteiger partial charge in [0.2, 0.25) is 0 Å². The van der Waals surface area contributed by atoms with E-state index in [-0.39, 0.29) is 23.1 Å². The Morgan fingerprint density at radius 2 is 2.22 bits per heavy atom. The summed E-state index contributed by atoms with van der Waals surface area (Å²) in [6, 6.07) is 4.83. The number of benzene rings is 1. The van der Waals surface area contributed by atoms with Gasteiger partial charge < -0.3 is 4.74 Å². The summed E-state index contributed by atoms with van der Waals surface area (Å²) >= 11 is 0. The number of carbonyl (C=O) groups is 1. The number of hydrogen-bond acceptors (Lipinski definition) is 4. The fourth-order valence-corrected chi connectivity index (χ4v) is 1.91. The summed E-state index contributed by atoms with van der Waals surface area (Å²) in [5.41, 5.74) is 0.755. The van der Waals surface area contributed by atoms with Gasteiger partial charge in [-0.3, -0.25) is 14.9 Å². The lowest BCUT2D eigenvalue weighted by atomic mass is 10.0. The molecule has 0 aliphatic heterocycles. The van der Waals surface area contributed by atoms with Crippen molar-refractivity contribution < 1.29 is 14.5 Å². The predicted molar refractivity (Wildman–Crippen MR) is 65.7 cm³/mol. The first-order chi connectivity index (χ1) is 8.61. The molecule has 2 rings (SSSR count). The second-order valence-corrected chi connectivity index (χ2v) is 4.50. The lowest BCUT2D eigenvalue weighted by molar-refractivity contribution is -0.385. The number of nitrogens with zero attached hydrogens (tertiary/aromatic N) is 1. The number of aryl methyl sites for hydroxylation is 1. The van der Waals surface area contributed by atoms with Crippen molar-refractivity contribution in [3.63, 3.8) is 0 Å². The number of nitro groups is 1. The summed E-state index contributed by atoms with van der Waals surface area (Å²) in [5, 5.41) is 10.8. The minimum atomic E-state index is -0.467. The normalized spacial score (nSPS) is 14.3.